The number of aromatic amines is 1. The average molecular weight is 312 g/mol. The summed E-state index contributed by atoms with van der Waals surface area (Å²) in [4.78, 5) is 28.9. The maximum absolute atomic E-state index is 12.7. The molecule has 0 unspecified atom stereocenters. The topological polar surface area (TPSA) is 66.3 Å². The summed E-state index contributed by atoms with van der Waals surface area (Å²) in [5.74, 6) is 2.83. The Morgan fingerprint density at radius 2 is 2.13 bits per heavy atom. The standard InChI is InChI=1S/C18H20N2O3/c1-11-9-15(11)16-7-6-13(23-16)10-20(12-4-5-12)18(22)14-3-2-8-19-17(14)21/h2-3,6-8,11-12,15H,4-5,9-10H2,1H3,(H,19,21)/t11-,15+/m0/s1. The minimum atomic E-state index is -0.338. The van der Waals surface area contributed by atoms with Crippen molar-refractivity contribution in [1.82, 2.24) is 9.88 Å². The van der Waals surface area contributed by atoms with Crippen LogP contribution in [0.25, 0.3) is 0 Å². The van der Waals surface area contributed by atoms with Crippen LogP contribution in [0.1, 0.15) is 54.0 Å². The second-order valence-electron chi connectivity index (χ2n) is 6.70. The normalized spacial score (nSPS) is 22.8. The van der Waals surface area contributed by atoms with Gasteiger partial charge in [-0.3, -0.25) is 9.59 Å². The second-order valence-corrected chi connectivity index (χ2v) is 6.70. The lowest BCUT2D eigenvalue weighted by Gasteiger charge is -2.20. The van der Waals surface area contributed by atoms with E-state index >= 15 is 0 Å². The van der Waals surface area contributed by atoms with Crippen LogP contribution in [-0.2, 0) is 6.54 Å². The van der Waals surface area contributed by atoms with Crippen LogP contribution in [-0.4, -0.2) is 21.8 Å². The lowest BCUT2D eigenvalue weighted by Crippen LogP contribution is -2.35. The van der Waals surface area contributed by atoms with Gasteiger partial charge in [0.25, 0.3) is 11.5 Å². The molecule has 1 amide bonds. The van der Waals surface area contributed by atoms with Crippen LogP contribution in [0.4, 0.5) is 0 Å². The number of nitrogens with one attached hydrogen (secondary N) is 1. The zero-order valence-corrected chi connectivity index (χ0v) is 13.1. The maximum Gasteiger partial charge on any atom is 0.260 e. The van der Waals surface area contributed by atoms with E-state index in [1.807, 2.05) is 12.1 Å². The van der Waals surface area contributed by atoms with Crippen LogP contribution >= 0.6 is 0 Å². The predicted molar refractivity (Wildman–Crippen MR) is 85.2 cm³/mol. The van der Waals surface area contributed by atoms with Crippen molar-refractivity contribution in [2.45, 2.75) is 44.7 Å². The van der Waals surface area contributed by atoms with Crippen molar-refractivity contribution in [3.8, 4) is 0 Å². The summed E-state index contributed by atoms with van der Waals surface area (Å²) in [7, 11) is 0. The Labute approximate surface area is 134 Å². The largest absolute Gasteiger partial charge is 0.464 e. The molecule has 0 aromatic carbocycles. The SMILES string of the molecule is C[C@H]1C[C@H]1c1ccc(CN(C(=O)c2ccc[nH]c2=O)C2CC2)o1. The van der Waals surface area contributed by atoms with Crippen LogP contribution in [0.3, 0.4) is 0 Å². The van der Waals surface area contributed by atoms with Crippen molar-refractivity contribution in [3.63, 3.8) is 0 Å². The molecule has 5 heteroatoms. The first-order valence-corrected chi connectivity index (χ1v) is 8.21. The molecular formula is C18H20N2O3. The summed E-state index contributed by atoms with van der Waals surface area (Å²) >= 11 is 0. The highest BCUT2D eigenvalue weighted by atomic mass is 16.3. The first-order chi connectivity index (χ1) is 11.1. The molecule has 0 bridgehead atoms. The van der Waals surface area contributed by atoms with E-state index in [1.165, 1.54) is 12.6 Å². The van der Waals surface area contributed by atoms with Gasteiger partial charge in [0.05, 0.1) is 6.54 Å². The molecule has 120 valence electrons. The zero-order chi connectivity index (χ0) is 16.0. The predicted octanol–water partition coefficient (Wildman–Crippen LogP) is 2.90. The lowest BCUT2D eigenvalue weighted by molar-refractivity contribution is 0.0715. The van der Waals surface area contributed by atoms with Gasteiger partial charge in [0.15, 0.2) is 0 Å². The van der Waals surface area contributed by atoms with E-state index in [9.17, 15) is 9.59 Å². The fourth-order valence-corrected chi connectivity index (χ4v) is 3.06. The van der Waals surface area contributed by atoms with Gasteiger partial charge in [0, 0.05) is 18.2 Å². The molecule has 0 aliphatic heterocycles. The number of hydrogen-bond donors (Lipinski definition) is 1. The minimum Gasteiger partial charge on any atom is -0.464 e. The molecule has 2 fully saturated rings. The molecule has 2 aliphatic rings. The van der Waals surface area contributed by atoms with Gasteiger partial charge in [-0.05, 0) is 49.4 Å². The number of carbonyl (C=O) groups is 1. The van der Waals surface area contributed by atoms with Gasteiger partial charge in [-0.25, -0.2) is 0 Å². The van der Waals surface area contributed by atoms with E-state index in [1.54, 1.807) is 17.0 Å². The number of nitrogens with zero attached hydrogens (tertiary/aromatic N) is 1. The highest BCUT2D eigenvalue weighted by Gasteiger charge is 2.38. The van der Waals surface area contributed by atoms with Crippen LogP contribution in [0.5, 0.6) is 0 Å². The first-order valence-electron chi connectivity index (χ1n) is 8.21. The Balaban J connectivity index is 1.54. The summed E-state index contributed by atoms with van der Waals surface area (Å²) < 4.78 is 5.92. The molecule has 2 aromatic rings. The molecule has 2 saturated carbocycles. The smallest absolute Gasteiger partial charge is 0.260 e. The van der Waals surface area contributed by atoms with Crippen LogP contribution in [0, 0.1) is 5.92 Å². The third-order valence-corrected chi connectivity index (χ3v) is 4.78. The van der Waals surface area contributed by atoms with Gasteiger partial charge >= 0.3 is 0 Å². The Morgan fingerprint density at radius 3 is 2.78 bits per heavy atom. The zero-order valence-electron chi connectivity index (χ0n) is 13.1. The van der Waals surface area contributed by atoms with Crippen molar-refractivity contribution >= 4 is 5.91 Å². The molecule has 4 rings (SSSR count). The molecule has 1 N–H and O–H groups in total. The van der Waals surface area contributed by atoms with Crippen LogP contribution in [0.2, 0.25) is 0 Å². The second kappa shape index (κ2) is 5.41. The molecule has 0 saturated heterocycles. The van der Waals surface area contributed by atoms with Gasteiger partial charge in [0.1, 0.15) is 17.1 Å². The average Bonchev–Trinajstić information content (AvgIpc) is 3.46. The van der Waals surface area contributed by atoms with Crippen molar-refractivity contribution in [2.24, 2.45) is 5.92 Å². The van der Waals surface area contributed by atoms with Crippen molar-refractivity contribution in [1.29, 1.82) is 0 Å². The number of hydrogen-bond acceptors (Lipinski definition) is 3. The summed E-state index contributed by atoms with van der Waals surface area (Å²) in [5, 5.41) is 0. The number of amides is 1. The number of pyridine rings is 1. The van der Waals surface area contributed by atoms with E-state index in [0.29, 0.717) is 18.4 Å². The van der Waals surface area contributed by atoms with E-state index in [4.69, 9.17) is 4.42 Å². The van der Waals surface area contributed by atoms with Crippen molar-refractivity contribution in [3.05, 3.63) is 57.9 Å². The summed E-state index contributed by atoms with van der Waals surface area (Å²) in [5.41, 5.74) is -0.142. The van der Waals surface area contributed by atoms with E-state index < -0.39 is 0 Å². The van der Waals surface area contributed by atoms with Crippen LogP contribution in [0.15, 0.2) is 39.7 Å². The number of H-pyrrole nitrogens is 1. The minimum absolute atomic E-state index is 0.196. The molecule has 0 radical (unpaired) electrons. The number of aromatic nitrogens is 1. The van der Waals surface area contributed by atoms with Crippen molar-refractivity contribution in [2.75, 3.05) is 0 Å². The number of carbonyl (C=O) groups excluding carboxylic acids is 1. The molecule has 23 heavy (non-hydrogen) atoms. The Kier molecular flexibility index (Phi) is 3.36. The third-order valence-electron chi connectivity index (χ3n) is 4.78. The van der Waals surface area contributed by atoms with E-state index in [2.05, 4.69) is 11.9 Å². The van der Waals surface area contributed by atoms with E-state index in [-0.39, 0.29) is 23.1 Å². The molecule has 2 aromatic heterocycles. The Bertz CT molecular complexity index is 787. The Morgan fingerprint density at radius 1 is 1.35 bits per heavy atom. The van der Waals surface area contributed by atoms with Gasteiger partial charge in [0.2, 0.25) is 0 Å². The highest BCUT2D eigenvalue weighted by molar-refractivity contribution is 5.94. The van der Waals surface area contributed by atoms with Gasteiger partial charge in [-0.2, -0.15) is 0 Å². The van der Waals surface area contributed by atoms with Gasteiger partial charge < -0.3 is 14.3 Å². The van der Waals surface area contributed by atoms with Crippen molar-refractivity contribution < 1.29 is 9.21 Å². The monoisotopic (exact) mass is 312 g/mol. The summed E-state index contributed by atoms with van der Waals surface area (Å²) in [6.07, 6.45) is 4.70. The highest BCUT2D eigenvalue weighted by Crippen LogP contribution is 2.47. The van der Waals surface area contributed by atoms with Crippen LogP contribution < -0.4 is 5.56 Å². The summed E-state index contributed by atoms with van der Waals surface area (Å²) in [6, 6.07) is 7.46. The molecular weight excluding hydrogens is 292 g/mol. The molecule has 2 aliphatic carbocycles. The maximum atomic E-state index is 12.7. The molecule has 0 spiro atoms. The number of furan rings is 1. The fraction of sp³-hybridized carbons (Fsp3) is 0.444. The molecule has 5 nitrogen and oxygen atoms in total. The lowest BCUT2D eigenvalue weighted by atomic mass is 10.2. The first kappa shape index (κ1) is 14.3. The molecule has 2 heterocycles. The third kappa shape index (κ3) is 2.83. The number of rotatable bonds is 5. The quantitative estimate of drug-likeness (QED) is 0.923. The van der Waals surface area contributed by atoms with Gasteiger partial charge in [-0.15, -0.1) is 0 Å². The fourth-order valence-electron chi connectivity index (χ4n) is 3.06. The van der Waals surface area contributed by atoms with Gasteiger partial charge in [-0.1, -0.05) is 6.92 Å². The summed E-state index contributed by atoms with van der Waals surface area (Å²) in [6.45, 7) is 2.65. The molecule has 2 atom stereocenters. The Hall–Kier alpha value is -2.30. The van der Waals surface area contributed by atoms with E-state index in [0.717, 1.165) is 24.4 Å².